The molecule has 0 aliphatic rings. The van der Waals surface area contributed by atoms with Crippen LogP contribution in [0.4, 0.5) is 30.5 Å². The minimum atomic E-state index is -4.43. The van der Waals surface area contributed by atoms with Crippen LogP contribution in [0.1, 0.15) is 32.3 Å². The van der Waals surface area contributed by atoms with Gasteiger partial charge in [-0.15, -0.1) is 0 Å². The summed E-state index contributed by atoms with van der Waals surface area (Å²) in [6.45, 7) is 6.16. The summed E-state index contributed by atoms with van der Waals surface area (Å²) in [7, 11) is 1.88. The predicted molar refractivity (Wildman–Crippen MR) is 113 cm³/mol. The van der Waals surface area contributed by atoms with Gasteiger partial charge >= 0.3 is 6.18 Å². The van der Waals surface area contributed by atoms with Crippen molar-refractivity contribution in [3.05, 3.63) is 47.0 Å². The molecule has 29 heavy (non-hydrogen) atoms. The Morgan fingerprint density at radius 1 is 1.10 bits per heavy atom. The van der Waals surface area contributed by atoms with Gasteiger partial charge in [0.2, 0.25) is 5.95 Å². The molecule has 0 aliphatic carbocycles. The first kappa shape index (κ1) is 21.3. The van der Waals surface area contributed by atoms with Gasteiger partial charge in [-0.3, -0.25) is 0 Å². The van der Waals surface area contributed by atoms with E-state index >= 15 is 0 Å². The number of nitrogens with one attached hydrogen (secondary N) is 1. The Morgan fingerprint density at radius 2 is 1.79 bits per heavy atom. The normalized spacial score (nSPS) is 11.8. The Labute approximate surface area is 173 Å². The van der Waals surface area contributed by atoms with Gasteiger partial charge in [0, 0.05) is 20.1 Å². The molecule has 0 bridgehead atoms. The number of aryl methyl sites for hydroxylation is 1. The summed E-state index contributed by atoms with van der Waals surface area (Å²) < 4.78 is 40.5. The van der Waals surface area contributed by atoms with Gasteiger partial charge in [-0.1, -0.05) is 31.5 Å². The molecule has 8 heteroatoms. The second kappa shape index (κ2) is 8.53. The number of rotatable bonds is 7. The first-order valence-electron chi connectivity index (χ1n) is 9.60. The fourth-order valence-electron chi connectivity index (χ4n) is 3.42. The van der Waals surface area contributed by atoms with Crippen molar-refractivity contribution < 1.29 is 13.2 Å². The Balaban J connectivity index is 2.00. The third-order valence-corrected chi connectivity index (χ3v) is 5.06. The summed E-state index contributed by atoms with van der Waals surface area (Å²) in [4.78, 5) is 6.96. The van der Waals surface area contributed by atoms with Crippen molar-refractivity contribution >= 4 is 40.0 Å². The molecule has 156 valence electrons. The Bertz CT molecular complexity index is 991. The molecule has 1 heterocycles. The highest BCUT2D eigenvalue weighted by Crippen LogP contribution is 2.36. The Hall–Kier alpha value is -2.41. The third kappa shape index (κ3) is 4.45. The monoisotopic (exact) mass is 424 g/mol. The molecule has 0 saturated carbocycles. The van der Waals surface area contributed by atoms with Crippen molar-refractivity contribution in [2.24, 2.45) is 7.05 Å². The first-order valence-corrected chi connectivity index (χ1v) is 9.98. The number of benzene rings is 2. The minimum absolute atomic E-state index is 0.00861. The molecule has 3 aromatic rings. The summed E-state index contributed by atoms with van der Waals surface area (Å²) in [5.41, 5.74) is 2.47. The number of alkyl halides is 3. The van der Waals surface area contributed by atoms with Crippen LogP contribution >= 0.6 is 11.6 Å². The summed E-state index contributed by atoms with van der Waals surface area (Å²) in [6, 6.07) is 9.22. The molecular formula is C21H24ClF3N4. The number of imidazole rings is 1. The average molecular weight is 425 g/mol. The molecule has 0 spiro atoms. The van der Waals surface area contributed by atoms with Gasteiger partial charge in [-0.25, -0.2) is 4.98 Å². The van der Waals surface area contributed by atoms with Crippen LogP contribution < -0.4 is 10.2 Å². The fourth-order valence-corrected chi connectivity index (χ4v) is 3.65. The summed E-state index contributed by atoms with van der Waals surface area (Å²) in [6.07, 6.45) is -2.38. The molecule has 0 amide bonds. The number of anilines is 3. The molecule has 0 aliphatic heterocycles. The Morgan fingerprint density at radius 3 is 2.38 bits per heavy atom. The number of halogens is 4. The summed E-state index contributed by atoms with van der Waals surface area (Å²) in [5, 5.41) is 3.06. The van der Waals surface area contributed by atoms with Crippen LogP contribution in [0.15, 0.2) is 36.4 Å². The number of aromatic nitrogens is 2. The van der Waals surface area contributed by atoms with Crippen LogP contribution in [-0.4, -0.2) is 22.6 Å². The van der Waals surface area contributed by atoms with E-state index in [1.807, 2.05) is 23.7 Å². The maximum absolute atomic E-state index is 12.9. The lowest BCUT2D eigenvalue weighted by atomic mass is 10.2. The zero-order valence-electron chi connectivity index (χ0n) is 16.6. The van der Waals surface area contributed by atoms with Crippen LogP contribution in [0.25, 0.3) is 11.0 Å². The van der Waals surface area contributed by atoms with Gasteiger partial charge in [0.15, 0.2) is 0 Å². The molecule has 4 nitrogen and oxygen atoms in total. The van der Waals surface area contributed by atoms with Gasteiger partial charge in [-0.2, -0.15) is 13.2 Å². The number of hydrogen-bond donors (Lipinski definition) is 1. The summed E-state index contributed by atoms with van der Waals surface area (Å²) >= 11 is 6.09. The van der Waals surface area contributed by atoms with E-state index < -0.39 is 11.7 Å². The van der Waals surface area contributed by atoms with Gasteiger partial charge < -0.3 is 14.8 Å². The van der Waals surface area contributed by atoms with Gasteiger partial charge in [0.05, 0.1) is 33.0 Å². The quantitative estimate of drug-likeness (QED) is 0.463. The van der Waals surface area contributed by atoms with E-state index in [1.165, 1.54) is 6.07 Å². The molecule has 3 rings (SSSR count). The molecule has 0 radical (unpaired) electrons. The molecule has 2 aromatic carbocycles. The number of nitrogens with zero attached hydrogens (tertiary/aromatic N) is 3. The largest absolute Gasteiger partial charge is 0.416 e. The molecule has 0 saturated heterocycles. The highest BCUT2D eigenvalue weighted by Gasteiger charge is 2.31. The lowest BCUT2D eigenvalue weighted by molar-refractivity contribution is -0.137. The van der Waals surface area contributed by atoms with E-state index in [9.17, 15) is 13.2 Å². The number of para-hydroxylation sites is 1. The maximum Gasteiger partial charge on any atom is 0.416 e. The van der Waals surface area contributed by atoms with Crippen LogP contribution in [0.5, 0.6) is 0 Å². The topological polar surface area (TPSA) is 33.1 Å². The predicted octanol–water partition coefficient (Wildman–Crippen LogP) is 6.62. The van der Waals surface area contributed by atoms with Crippen molar-refractivity contribution in [2.45, 2.75) is 32.9 Å². The highest BCUT2D eigenvalue weighted by molar-refractivity contribution is 6.33. The van der Waals surface area contributed by atoms with E-state index in [2.05, 4.69) is 35.1 Å². The first-order chi connectivity index (χ1) is 13.8. The van der Waals surface area contributed by atoms with E-state index in [4.69, 9.17) is 11.6 Å². The minimum Gasteiger partial charge on any atom is -0.370 e. The van der Waals surface area contributed by atoms with Crippen LogP contribution in [0.3, 0.4) is 0 Å². The molecule has 0 unspecified atom stereocenters. The zero-order chi connectivity index (χ0) is 21.2. The summed E-state index contributed by atoms with van der Waals surface area (Å²) in [5.74, 6) is 0.516. The van der Waals surface area contributed by atoms with E-state index in [0.717, 1.165) is 54.8 Å². The van der Waals surface area contributed by atoms with Crippen LogP contribution in [0.2, 0.25) is 5.02 Å². The maximum atomic E-state index is 12.9. The van der Waals surface area contributed by atoms with Crippen molar-refractivity contribution in [1.82, 2.24) is 9.55 Å². The van der Waals surface area contributed by atoms with Crippen molar-refractivity contribution in [3.63, 3.8) is 0 Å². The fraction of sp³-hybridized carbons (Fsp3) is 0.381. The molecular weight excluding hydrogens is 401 g/mol. The SMILES string of the molecule is CCCN(CCC)c1cccc2nc(Nc3ccc(C(F)(F)F)cc3Cl)n(C)c12. The van der Waals surface area contributed by atoms with Crippen molar-refractivity contribution in [2.75, 3.05) is 23.3 Å². The van der Waals surface area contributed by atoms with Gasteiger partial charge in [0.25, 0.3) is 0 Å². The molecule has 0 fully saturated rings. The molecule has 1 aromatic heterocycles. The third-order valence-electron chi connectivity index (χ3n) is 4.74. The van der Waals surface area contributed by atoms with Gasteiger partial charge in [-0.05, 0) is 43.2 Å². The second-order valence-electron chi connectivity index (χ2n) is 6.94. The van der Waals surface area contributed by atoms with E-state index in [1.54, 1.807) is 0 Å². The zero-order valence-corrected chi connectivity index (χ0v) is 17.4. The van der Waals surface area contributed by atoms with Crippen molar-refractivity contribution in [3.8, 4) is 0 Å². The Kier molecular flexibility index (Phi) is 6.27. The number of fused-ring (bicyclic) bond motifs is 1. The second-order valence-corrected chi connectivity index (χ2v) is 7.35. The lowest BCUT2D eigenvalue weighted by Crippen LogP contribution is -2.25. The smallest absolute Gasteiger partial charge is 0.370 e. The van der Waals surface area contributed by atoms with Crippen LogP contribution in [0, 0.1) is 0 Å². The molecule has 0 atom stereocenters. The molecule has 1 N–H and O–H groups in total. The van der Waals surface area contributed by atoms with Gasteiger partial charge in [0.1, 0.15) is 0 Å². The average Bonchev–Trinajstić information content (AvgIpc) is 2.98. The number of hydrogen-bond acceptors (Lipinski definition) is 3. The standard InChI is InChI=1S/C21H24ClF3N4/c1-4-11-29(12-5-2)18-8-6-7-17-19(18)28(3)20(27-17)26-16-10-9-14(13-15(16)22)21(23,24)25/h6-10,13H,4-5,11-12H2,1-3H3,(H,26,27). The van der Waals surface area contributed by atoms with E-state index in [-0.39, 0.29) is 5.02 Å². The lowest BCUT2D eigenvalue weighted by Gasteiger charge is -2.25. The van der Waals surface area contributed by atoms with Crippen LogP contribution in [-0.2, 0) is 13.2 Å². The van der Waals surface area contributed by atoms with Crippen molar-refractivity contribution in [1.29, 1.82) is 0 Å². The highest BCUT2D eigenvalue weighted by atomic mass is 35.5. The van der Waals surface area contributed by atoms with E-state index in [0.29, 0.717) is 11.6 Å².